The van der Waals surface area contributed by atoms with Crippen molar-refractivity contribution < 1.29 is 22.7 Å². The number of fused-ring (bicyclic) bond motifs is 1. The Kier molecular flexibility index (Phi) is 6.40. The van der Waals surface area contributed by atoms with E-state index in [-0.39, 0.29) is 18.0 Å². The molecular weight excluding hydrogens is 433 g/mol. The van der Waals surface area contributed by atoms with Crippen molar-refractivity contribution in [1.82, 2.24) is 15.3 Å². The van der Waals surface area contributed by atoms with Crippen molar-refractivity contribution in [3.05, 3.63) is 59.9 Å². The number of aromatic nitrogens is 2. The molecule has 2 heterocycles. The van der Waals surface area contributed by atoms with Crippen molar-refractivity contribution in [2.45, 2.75) is 43.9 Å². The highest BCUT2D eigenvalue weighted by atomic mass is 19.4. The van der Waals surface area contributed by atoms with Gasteiger partial charge >= 0.3 is 6.18 Å². The number of nitrogens with one attached hydrogen (secondary N) is 1. The number of halogens is 3. The quantitative estimate of drug-likeness (QED) is 0.593. The molecule has 0 aliphatic heterocycles. The smallest absolute Gasteiger partial charge is 0.433 e. The van der Waals surface area contributed by atoms with Gasteiger partial charge in [0.1, 0.15) is 5.69 Å². The molecule has 1 aromatic carbocycles. The normalized spacial score (nSPS) is 18.7. The monoisotopic (exact) mass is 458 g/mol. The van der Waals surface area contributed by atoms with Gasteiger partial charge in [-0.3, -0.25) is 4.79 Å². The maximum Gasteiger partial charge on any atom is 0.433 e. The maximum atomic E-state index is 13.4. The Morgan fingerprint density at radius 2 is 1.85 bits per heavy atom. The molecule has 6 nitrogen and oxygen atoms in total. The van der Waals surface area contributed by atoms with Crippen molar-refractivity contribution in [2.75, 3.05) is 19.1 Å². The molecule has 1 fully saturated rings. The SMILES string of the molecule is COc1cc(C(=O)NC2CCC(N(C)c3cc(C(F)(F)F)nc4ccccc34)CC2)ccn1. The summed E-state index contributed by atoms with van der Waals surface area (Å²) in [6.45, 7) is 0. The fourth-order valence-corrected chi connectivity index (χ4v) is 4.33. The Balaban J connectivity index is 1.46. The highest BCUT2D eigenvalue weighted by Gasteiger charge is 2.34. The predicted octanol–water partition coefficient (Wildman–Crippen LogP) is 4.83. The van der Waals surface area contributed by atoms with Crippen LogP contribution in [0, 0.1) is 0 Å². The Bertz CT molecular complexity index is 1140. The molecule has 0 saturated heterocycles. The van der Waals surface area contributed by atoms with Gasteiger partial charge in [0.15, 0.2) is 0 Å². The van der Waals surface area contributed by atoms with Gasteiger partial charge in [-0.2, -0.15) is 13.2 Å². The van der Waals surface area contributed by atoms with Crippen LogP contribution in [0.25, 0.3) is 10.9 Å². The van der Waals surface area contributed by atoms with E-state index in [9.17, 15) is 18.0 Å². The molecule has 1 amide bonds. The first kappa shape index (κ1) is 22.8. The molecule has 174 valence electrons. The van der Waals surface area contributed by atoms with Crippen LogP contribution in [-0.4, -0.2) is 42.1 Å². The second-order valence-electron chi connectivity index (χ2n) is 8.22. The number of anilines is 1. The third kappa shape index (κ3) is 5.02. The minimum atomic E-state index is -4.52. The van der Waals surface area contributed by atoms with E-state index in [1.165, 1.54) is 13.3 Å². The molecule has 3 aromatic rings. The van der Waals surface area contributed by atoms with E-state index in [0.717, 1.165) is 31.7 Å². The Hall–Kier alpha value is -3.36. The molecular formula is C24H25F3N4O2. The average molecular weight is 458 g/mol. The number of para-hydroxylation sites is 1. The molecule has 2 aromatic heterocycles. The summed E-state index contributed by atoms with van der Waals surface area (Å²) in [4.78, 5) is 22.3. The number of benzene rings is 1. The summed E-state index contributed by atoms with van der Waals surface area (Å²) in [7, 11) is 3.32. The highest BCUT2D eigenvalue weighted by molar-refractivity contribution is 5.94. The first-order valence-corrected chi connectivity index (χ1v) is 10.8. The molecule has 1 N–H and O–H groups in total. The molecule has 1 aliphatic rings. The largest absolute Gasteiger partial charge is 0.481 e. The number of rotatable bonds is 5. The number of carbonyl (C=O) groups excluding carboxylic acids is 1. The van der Waals surface area contributed by atoms with Gasteiger partial charge in [-0.25, -0.2) is 9.97 Å². The average Bonchev–Trinajstić information content (AvgIpc) is 2.82. The molecule has 0 spiro atoms. The van der Waals surface area contributed by atoms with Crippen LogP contribution < -0.4 is 15.0 Å². The van der Waals surface area contributed by atoms with Crippen LogP contribution in [0.2, 0.25) is 0 Å². The number of alkyl halides is 3. The third-order valence-electron chi connectivity index (χ3n) is 6.15. The summed E-state index contributed by atoms with van der Waals surface area (Å²) in [5.41, 5.74) is 0.424. The summed E-state index contributed by atoms with van der Waals surface area (Å²) in [6.07, 6.45) is -0.0283. The second-order valence-corrected chi connectivity index (χ2v) is 8.22. The number of hydrogen-bond donors (Lipinski definition) is 1. The van der Waals surface area contributed by atoms with E-state index in [1.54, 1.807) is 36.4 Å². The number of methoxy groups -OCH3 is 1. The number of carbonyl (C=O) groups is 1. The second kappa shape index (κ2) is 9.25. The van der Waals surface area contributed by atoms with Crippen LogP contribution in [0.15, 0.2) is 48.7 Å². The van der Waals surface area contributed by atoms with Gasteiger partial charge in [-0.1, -0.05) is 18.2 Å². The van der Waals surface area contributed by atoms with Crippen LogP contribution in [0.4, 0.5) is 18.9 Å². The Morgan fingerprint density at radius 1 is 1.12 bits per heavy atom. The van der Waals surface area contributed by atoms with Gasteiger partial charge in [0.2, 0.25) is 5.88 Å². The molecule has 4 rings (SSSR count). The molecule has 9 heteroatoms. The summed E-state index contributed by atoms with van der Waals surface area (Å²) in [5, 5.41) is 3.73. The van der Waals surface area contributed by atoms with Crippen molar-refractivity contribution in [1.29, 1.82) is 0 Å². The lowest BCUT2D eigenvalue weighted by atomic mass is 9.89. The molecule has 1 aliphatic carbocycles. The first-order valence-electron chi connectivity index (χ1n) is 10.8. The van der Waals surface area contributed by atoms with E-state index in [0.29, 0.717) is 28.0 Å². The summed E-state index contributed by atoms with van der Waals surface area (Å²) >= 11 is 0. The number of ether oxygens (including phenoxy) is 1. The zero-order valence-corrected chi connectivity index (χ0v) is 18.4. The van der Waals surface area contributed by atoms with Gasteiger partial charge in [0.05, 0.1) is 12.6 Å². The maximum absolute atomic E-state index is 13.4. The van der Waals surface area contributed by atoms with Crippen molar-refractivity contribution in [2.24, 2.45) is 0 Å². The van der Waals surface area contributed by atoms with Crippen molar-refractivity contribution in [3.63, 3.8) is 0 Å². The van der Waals surface area contributed by atoms with E-state index >= 15 is 0 Å². The zero-order chi connectivity index (χ0) is 23.6. The number of nitrogens with zero attached hydrogens (tertiary/aromatic N) is 3. The Morgan fingerprint density at radius 3 is 2.55 bits per heavy atom. The van der Waals surface area contributed by atoms with Crippen LogP contribution >= 0.6 is 0 Å². The highest BCUT2D eigenvalue weighted by Crippen LogP contribution is 2.36. The molecule has 0 atom stereocenters. The predicted molar refractivity (Wildman–Crippen MR) is 119 cm³/mol. The van der Waals surface area contributed by atoms with Gasteiger partial charge in [-0.05, 0) is 43.9 Å². The van der Waals surface area contributed by atoms with Crippen LogP contribution in [0.5, 0.6) is 5.88 Å². The molecule has 33 heavy (non-hydrogen) atoms. The van der Waals surface area contributed by atoms with E-state index < -0.39 is 11.9 Å². The molecule has 0 bridgehead atoms. The zero-order valence-electron chi connectivity index (χ0n) is 18.4. The van der Waals surface area contributed by atoms with E-state index in [1.807, 2.05) is 11.9 Å². The van der Waals surface area contributed by atoms with Gasteiger partial charge in [0, 0.05) is 48.0 Å². The van der Waals surface area contributed by atoms with Gasteiger partial charge in [0.25, 0.3) is 5.91 Å². The van der Waals surface area contributed by atoms with Crippen molar-refractivity contribution in [3.8, 4) is 5.88 Å². The number of pyridine rings is 2. The van der Waals surface area contributed by atoms with Crippen LogP contribution in [0.1, 0.15) is 41.7 Å². The fraction of sp³-hybridized carbons (Fsp3) is 0.375. The summed E-state index contributed by atoms with van der Waals surface area (Å²) in [6, 6.07) is 11.3. The number of hydrogen-bond acceptors (Lipinski definition) is 5. The lowest BCUT2D eigenvalue weighted by molar-refractivity contribution is -0.140. The first-order chi connectivity index (χ1) is 15.8. The van der Waals surface area contributed by atoms with Gasteiger partial charge < -0.3 is 15.0 Å². The molecule has 0 radical (unpaired) electrons. The van der Waals surface area contributed by atoms with Crippen LogP contribution in [0.3, 0.4) is 0 Å². The topological polar surface area (TPSA) is 67.3 Å². The van der Waals surface area contributed by atoms with Gasteiger partial charge in [-0.15, -0.1) is 0 Å². The minimum Gasteiger partial charge on any atom is -0.481 e. The number of amides is 1. The lowest BCUT2D eigenvalue weighted by Gasteiger charge is -2.37. The van der Waals surface area contributed by atoms with E-state index in [4.69, 9.17) is 4.74 Å². The molecule has 1 saturated carbocycles. The standard InChI is InChI=1S/C24H25F3N4O2/c1-31(20-14-21(24(25,26)27)30-19-6-4-3-5-18(19)20)17-9-7-16(8-10-17)29-23(32)15-11-12-28-22(13-15)33-2/h3-6,11-14,16-17H,7-10H2,1-2H3,(H,29,32). The summed E-state index contributed by atoms with van der Waals surface area (Å²) in [5.74, 6) is 0.179. The Labute approximate surface area is 189 Å². The summed E-state index contributed by atoms with van der Waals surface area (Å²) < 4.78 is 45.4. The fourth-order valence-electron chi connectivity index (χ4n) is 4.33. The minimum absolute atomic E-state index is 0.00114. The third-order valence-corrected chi connectivity index (χ3v) is 6.15. The van der Waals surface area contributed by atoms with Crippen molar-refractivity contribution >= 4 is 22.5 Å². The molecule has 0 unspecified atom stereocenters. The van der Waals surface area contributed by atoms with Crippen LogP contribution in [-0.2, 0) is 6.18 Å². The lowest BCUT2D eigenvalue weighted by Crippen LogP contribution is -2.43. The van der Waals surface area contributed by atoms with E-state index in [2.05, 4.69) is 15.3 Å².